The van der Waals surface area contributed by atoms with Gasteiger partial charge >= 0.3 is 0 Å². The van der Waals surface area contributed by atoms with Crippen LogP contribution in [0.4, 0.5) is 0 Å². The predicted octanol–water partition coefficient (Wildman–Crippen LogP) is 6.15. The van der Waals surface area contributed by atoms with Gasteiger partial charge in [0.2, 0.25) is 0 Å². The van der Waals surface area contributed by atoms with E-state index in [0.717, 1.165) is 33.0 Å². The van der Waals surface area contributed by atoms with Crippen LogP contribution >= 0.6 is 24.2 Å². The Kier molecular flexibility index (Phi) is 4.35. The summed E-state index contributed by atoms with van der Waals surface area (Å²) in [6.07, 6.45) is 2.05. The Morgan fingerprint density at radius 2 is 1.44 bits per heavy atom. The summed E-state index contributed by atoms with van der Waals surface area (Å²) in [5.41, 5.74) is 5.19. The fraction of sp³-hybridized carbons (Fsp3) is 0. The average molecular weight is 363 g/mol. The maximum atomic E-state index is 6.01. The lowest BCUT2D eigenvalue weighted by Gasteiger charge is -2.03. The molecular weight excluding hydrogens is 348 g/mol. The molecule has 4 rings (SSSR count). The first-order valence-electron chi connectivity index (χ1n) is 7.91. The van der Waals surface area contributed by atoms with Gasteiger partial charge in [-0.1, -0.05) is 54.1 Å². The highest BCUT2D eigenvalue weighted by Gasteiger charge is 2.14. The molecule has 0 aliphatic carbocycles. The molecule has 122 valence electrons. The van der Waals surface area contributed by atoms with Gasteiger partial charge < -0.3 is 0 Å². The molecule has 25 heavy (non-hydrogen) atoms. The van der Waals surface area contributed by atoms with Gasteiger partial charge in [0.1, 0.15) is 5.69 Å². The smallest absolute Gasteiger partial charge is 0.101 e. The number of hydrogen-bond acceptors (Lipinski definition) is 2. The van der Waals surface area contributed by atoms with E-state index in [9.17, 15) is 0 Å². The molecule has 0 radical (unpaired) electrons. The largest absolute Gasteiger partial charge is 0.240 e. The highest BCUT2D eigenvalue weighted by atomic mass is 35.5. The first-order chi connectivity index (χ1) is 12.2. The standard InChI is InChI=1S/C21H15ClN2S/c22-17-8-10-18(11-9-17)24-14-20(15-6-12-19(25)13-7-15)21(23-24)16-4-2-1-3-5-16/h1-14,25H. The molecule has 4 aromatic rings. The Hall–Kier alpha value is -2.49. The lowest BCUT2D eigenvalue weighted by atomic mass is 10.0. The van der Waals surface area contributed by atoms with E-state index in [1.807, 2.05) is 59.3 Å². The first-order valence-corrected chi connectivity index (χ1v) is 8.74. The molecule has 1 heterocycles. The number of nitrogens with zero attached hydrogens (tertiary/aromatic N) is 2. The van der Waals surface area contributed by atoms with Crippen LogP contribution in [0.1, 0.15) is 0 Å². The van der Waals surface area contributed by atoms with Gasteiger partial charge in [0.05, 0.1) is 5.69 Å². The van der Waals surface area contributed by atoms with E-state index in [0.29, 0.717) is 5.02 Å². The minimum absolute atomic E-state index is 0.712. The average Bonchev–Trinajstić information content (AvgIpc) is 3.09. The molecule has 0 saturated heterocycles. The summed E-state index contributed by atoms with van der Waals surface area (Å²) in [5.74, 6) is 0. The number of halogens is 1. The molecule has 0 fully saturated rings. The van der Waals surface area contributed by atoms with E-state index < -0.39 is 0 Å². The molecule has 2 nitrogen and oxygen atoms in total. The summed E-state index contributed by atoms with van der Waals surface area (Å²) < 4.78 is 1.89. The number of hydrogen-bond donors (Lipinski definition) is 1. The highest BCUT2D eigenvalue weighted by Crippen LogP contribution is 2.32. The summed E-state index contributed by atoms with van der Waals surface area (Å²) in [6, 6.07) is 26.0. The van der Waals surface area contributed by atoms with Crippen LogP contribution in [-0.2, 0) is 0 Å². The van der Waals surface area contributed by atoms with Crippen LogP contribution in [0.5, 0.6) is 0 Å². The van der Waals surface area contributed by atoms with Crippen LogP contribution in [0.25, 0.3) is 28.1 Å². The van der Waals surface area contributed by atoms with Gasteiger partial charge in [-0.05, 0) is 42.0 Å². The second-order valence-corrected chi connectivity index (χ2v) is 6.68. The molecule has 0 aliphatic heterocycles. The van der Waals surface area contributed by atoms with Crippen LogP contribution in [0.15, 0.2) is 90.0 Å². The summed E-state index contributed by atoms with van der Waals surface area (Å²) >= 11 is 10.4. The van der Waals surface area contributed by atoms with Crippen LogP contribution in [-0.4, -0.2) is 9.78 Å². The second-order valence-electron chi connectivity index (χ2n) is 5.73. The van der Waals surface area contributed by atoms with Crippen molar-refractivity contribution >= 4 is 24.2 Å². The van der Waals surface area contributed by atoms with E-state index in [-0.39, 0.29) is 0 Å². The number of aromatic nitrogens is 2. The van der Waals surface area contributed by atoms with Gasteiger partial charge in [0, 0.05) is 27.2 Å². The topological polar surface area (TPSA) is 17.8 Å². The van der Waals surface area contributed by atoms with Crippen molar-refractivity contribution in [3.05, 3.63) is 90.1 Å². The van der Waals surface area contributed by atoms with Crippen LogP contribution in [0.2, 0.25) is 5.02 Å². The molecule has 0 N–H and O–H groups in total. The van der Waals surface area contributed by atoms with Gasteiger partial charge in [-0.3, -0.25) is 0 Å². The lowest BCUT2D eigenvalue weighted by molar-refractivity contribution is 0.884. The fourth-order valence-electron chi connectivity index (χ4n) is 2.76. The molecule has 0 saturated carbocycles. The molecule has 4 heteroatoms. The summed E-state index contributed by atoms with van der Waals surface area (Å²) in [4.78, 5) is 0.940. The zero-order valence-electron chi connectivity index (χ0n) is 13.3. The van der Waals surface area contributed by atoms with E-state index in [2.05, 4.69) is 43.1 Å². The third-order valence-electron chi connectivity index (χ3n) is 4.03. The predicted molar refractivity (Wildman–Crippen MR) is 107 cm³/mol. The molecule has 0 atom stereocenters. The van der Waals surface area contributed by atoms with Gasteiger partial charge in [-0.2, -0.15) is 5.10 Å². The monoisotopic (exact) mass is 362 g/mol. The van der Waals surface area contributed by atoms with E-state index in [4.69, 9.17) is 16.7 Å². The second kappa shape index (κ2) is 6.79. The van der Waals surface area contributed by atoms with E-state index in [1.165, 1.54) is 0 Å². The Morgan fingerprint density at radius 1 is 0.760 bits per heavy atom. The van der Waals surface area contributed by atoms with Gasteiger partial charge in [-0.25, -0.2) is 4.68 Å². The van der Waals surface area contributed by atoms with Crippen LogP contribution in [0.3, 0.4) is 0 Å². The van der Waals surface area contributed by atoms with Crippen LogP contribution < -0.4 is 0 Å². The van der Waals surface area contributed by atoms with Gasteiger partial charge in [0.25, 0.3) is 0 Å². The van der Waals surface area contributed by atoms with Crippen molar-refractivity contribution in [1.82, 2.24) is 9.78 Å². The fourth-order valence-corrected chi connectivity index (χ4v) is 3.04. The Balaban J connectivity index is 1.89. The molecule has 0 bridgehead atoms. The molecule has 0 amide bonds. The maximum absolute atomic E-state index is 6.01. The summed E-state index contributed by atoms with van der Waals surface area (Å²) in [6.45, 7) is 0. The normalized spacial score (nSPS) is 10.8. The zero-order chi connectivity index (χ0) is 17.2. The Morgan fingerprint density at radius 3 is 2.12 bits per heavy atom. The Labute approximate surface area is 157 Å². The zero-order valence-corrected chi connectivity index (χ0v) is 15.0. The van der Waals surface area contributed by atoms with Crippen molar-refractivity contribution in [2.75, 3.05) is 0 Å². The molecule has 3 aromatic carbocycles. The highest BCUT2D eigenvalue weighted by molar-refractivity contribution is 7.80. The van der Waals surface area contributed by atoms with Crippen molar-refractivity contribution in [3.63, 3.8) is 0 Å². The summed E-state index contributed by atoms with van der Waals surface area (Å²) in [7, 11) is 0. The minimum atomic E-state index is 0.712. The molecular formula is C21H15ClN2S. The third-order valence-corrected chi connectivity index (χ3v) is 4.58. The SMILES string of the molecule is Sc1ccc(-c2cn(-c3ccc(Cl)cc3)nc2-c2ccccc2)cc1. The van der Waals surface area contributed by atoms with Crippen molar-refractivity contribution in [2.24, 2.45) is 0 Å². The molecule has 0 unspecified atom stereocenters. The minimum Gasteiger partial charge on any atom is -0.240 e. The molecule has 0 aliphatic rings. The van der Waals surface area contributed by atoms with E-state index >= 15 is 0 Å². The third kappa shape index (κ3) is 3.34. The molecule has 1 aromatic heterocycles. The quantitative estimate of drug-likeness (QED) is 0.433. The number of thiol groups is 1. The Bertz CT molecular complexity index is 991. The molecule has 0 spiro atoms. The number of rotatable bonds is 3. The lowest BCUT2D eigenvalue weighted by Crippen LogP contribution is -1.94. The maximum Gasteiger partial charge on any atom is 0.101 e. The van der Waals surface area contributed by atoms with Gasteiger partial charge in [0.15, 0.2) is 0 Å². The van der Waals surface area contributed by atoms with Crippen molar-refractivity contribution in [3.8, 4) is 28.1 Å². The van der Waals surface area contributed by atoms with Gasteiger partial charge in [-0.15, -0.1) is 12.6 Å². The van der Waals surface area contributed by atoms with Crippen LogP contribution in [0, 0.1) is 0 Å². The summed E-state index contributed by atoms with van der Waals surface area (Å²) in [5, 5.41) is 5.55. The van der Waals surface area contributed by atoms with E-state index in [1.54, 1.807) is 0 Å². The number of benzene rings is 3. The first kappa shape index (κ1) is 16.0. The van der Waals surface area contributed by atoms with Crippen molar-refractivity contribution in [1.29, 1.82) is 0 Å². The van der Waals surface area contributed by atoms with Crippen molar-refractivity contribution in [2.45, 2.75) is 4.90 Å². The van der Waals surface area contributed by atoms with Crippen molar-refractivity contribution < 1.29 is 0 Å².